The molecule has 7 aromatic carbocycles. The van der Waals surface area contributed by atoms with Crippen molar-refractivity contribution in [1.29, 1.82) is 0 Å². The molecule has 0 fully saturated rings. The fourth-order valence-corrected chi connectivity index (χ4v) is 8.31. The number of nitrogens with zero attached hydrogens (tertiary/aromatic N) is 2. The molecule has 2 aromatic heterocycles. The van der Waals surface area contributed by atoms with E-state index in [1.807, 2.05) is 26.1 Å². The lowest BCUT2D eigenvalue weighted by molar-refractivity contribution is 0.661. The van der Waals surface area contributed by atoms with Crippen molar-refractivity contribution in [3.63, 3.8) is 0 Å². The molecule has 250 valence electrons. The van der Waals surface area contributed by atoms with Gasteiger partial charge in [0.15, 0.2) is 0 Å². The monoisotopic (exact) mass is 668 g/mol. The summed E-state index contributed by atoms with van der Waals surface area (Å²) in [6.07, 6.45) is 1.90. The third kappa shape index (κ3) is 4.98. The Hall–Kier alpha value is -6.25. The molecule has 0 aliphatic heterocycles. The van der Waals surface area contributed by atoms with E-state index in [2.05, 4.69) is 181 Å². The van der Waals surface area contributed by atoms with Crippen LogP contribution in [-0.2, 0) is 5.41 Å². The zero-order chi connectivity index (χ0) is 35.4. The number of fused-ring (bicyclic) bond motifs is 7. The Bertz CT molecular complexity index is 2720. The normalized spacial score (nSPS) is 12.8. The Morgan fingerprint density at radius 2 is 0.942 bits per heavy atom. The lowest BCUT2D eigenvalue weighted by Gasteiger charge is -2.23. The van der Waals surface area contributed by atoms with Crippen LogP contribution < -0.4 is 0 Å². The number of aromatic nitrogens is 2. The Balaban J connectivity index is 0.00000177. The quantitative estimate of drug-likeness (QED) is 0.182. The van der Waals surface area contributed by atoms with Crippen molar-refractivity contribution in [3.8, 4) is 50.2 Å². The molecule has 2 heteroatoms. The van der Waals surface area contributed by atoms with E-state index < -0.39 is 0 Å². The Kier molecular flexibility index (Phi) is 7.63. The topological polar surface area (TPSA) is 17.8 Å². The van der Waals surface area contributed by atoms with Gasteiger partial charge in [-0.25, -0.2) is 0 Å². The summed E-state index contributed by atoms with van der Waals surface area (Å²) in [5.41, 5.74) is 17.3. The first-order valence-corrected chi connectivity index (χ1v) is 18.4. The van der Waals surface area contributed by atoms with Gasteiger partial charge in [-0.05, 0) is 104 Å². The number of hydrogen-bond acceptors (Lipinski definition) is 1. The van der Waals surface area contributed by atoms with Gasteiger partial charge in [0.05, 0.1) is 16.6 Å². The van der Waals surface area contributed by atoms with E-state index in [0.29, 0.717) is 0 Å². The molecule has 9 aromatic rings. The predicted molar refractivity (Wildman–Crippen MR) is 221 cm³/mol. The standard InChI is InChI=1S/C48H34N2.C2H6/c1-48(2)43-29-34(31-18-20-32(21-19-31)37-26-27-49-45-15-6-3-12-40(37)45)22-24-38(43)39-25-23-35(30-44(39)48)33-10-9-11-36(28-33)50-46-16-7-4-13-41(46)42-14-5-8-17-47(42)50;1-2/h3-30H,1-2H3;1-2H3. The van der Waals surface area contributed by atoms with Crippen LogP contribution in [-0.4, -0.2) is 9.55 Å². The number of hydrogen-bond donors (Lipinski definition) is 0. The van der Waals surface area contributed by atoms with Crippen LogP contribution in [0.5, 0.6) is 0 Å². The van der Waals surface area contributed by atoms with Crippen LogP contribution in [0, 0.1) is 0 Å². The SMILES string of the molecule is CC.CC1(C)c2cc(-c3ccc(-c4ccnc5ccccc45)cc3)ccc2-c2ccc(-c3cccc(-n4c5ccccc5c5ccccc54)c3)cc21. The van der Waals surface area contributed by atoms with Crippen molar-refractivity contribution in [3.05, 3.63) is 181 Å². The maximum Gasteiger partial charge on any atom is 0.0708 e. The highest BCUT2D eigenvalue weighted by molar-refractivity contribution is 6.09. The number of pyridine rings is 1. The molecule has 1 aliphatic rings. The number of benzene rings is 7. The van der Waals surface area contributed by atoms with Crippen LogP contribution in [0.2, 0.25) is 0 Å². The summed E-state index contributed by atoms with van der Waals surface area (Å²) in [6, 6.07) is 59.9. The molecule has 0 atom stereocenters. The highest BCUT2D eigenvalue weighted by Crippen LogP contribution is 2.51. The molecule has 1 aliphatic carbocycles. The fourth-order valence-electron chi connectivity index (χ4n) is 8.31. The summed E-state index contributed by atoms with van der Waals surface area (Å²) in [5.74, 6) is 0. The second kappa shape index (κ2) is 12.5. The molecule has 0 radical (unpaired) electrons. The van der Waals surface area contributed by atoms with Gasteiger partial charge >= 0.3 is 0 Å². The maximum atomic E-state index is 4.55. The molecular formula is C50H40N2. The Labute approximate surface area is 305 Å². The summed E-state index contributed by atoms with van der Waals surface area (Å²) < 4.78 is 2.40. The van der Waals surface area contributed by atoms with Crippen LogP contribution in [0.3, 0.4) is 0 Å². The number of rotatable bonds is 4. The van der Waals surface area contributed by atoms with Gasteiger partial charge in [-0.1, -0.05) is 143 Å². The van der Waals surface area contributed by atoms with E-state index in [1.165, 1.54) is 88.5 Å². The van der Waals surface area contributed by atoms with Gasteiger partial charge in [-0.2, -0.15) is 0 Å². The molecule has 0 saturated heterocycles. The van der Waals surface area contributed by atoms with E-state index in [0.717, 1.165) is 5.52 Å². The van der Waals surface area contributed by atoms with E-state index in [4.69, 9.17) is 0 Å². The Morgan fingerprint density at radius 3 is 1.60 bits per heavy atom. The van der Waals surface area contributed by atoms with Crippen LogP contribution >= 0.6 is 0 Å². The minimum absolute atomic E-state index is 0.128. The summed E-state index contributed by atoms with van der Waals surface area (Å²) in [6.45, 7) is 8.74. The van der Waals surface area contributed by atoms with Gasteiger partial charge in [0.1, 0.15) is 0 Å². The Morgan fingerprint density at radius 1 is 0.423 bits per heavy atom. The predicted octanol–water partition coefficient (Wildman–Crippen LogP) is 13.7. The largest absolute Gasteiger partial charge is 0.309 e. The van der Waals surface area contributed by atoms with Crippen molar-refractivity contribution in [2.24, 2.45) is 0 Å². The zero-order valence-corrected chi connectivity index (χ0v) is 30.1. The van der Waals surface area contributed by atoms with Crippen LogP contribution in [0.15, 0.2) is 170 Å². The second-order valence-corrected chi connectivity index (χ2v) is 14.0. The molecule has 52 heavy (non-hydrogen) atoms. The highest BCUT2D eigenvalue weighted by Gasteiger charge is 2.36. The average molecular weight is 669 g/mol. The first kappa shape index (κ1) is 31.7. The zero-order valence-electron chi connectivity index (χ0n) is 30.1. The smallest absolute Gasteiger partial charge is 0.0708 e. The van der Waals surface area contributed by atoms with Crippen molar-refractivity contribution in [2.75, 3.05) is 0 Å². The van der Waals surface area contributed by atoms with Crippen molar-refractivity contribution in [2.45, 2.75) is 33.1 Å². The fraction of sp³-hybridized carbons (Fsp3) is 0.100. The van der Waals surface area contributed by atoms with Crippen LogP contribution in [0.25, 0.3) is 82.9 Å². The molecule has 0 N–H and O–H groups in total. The maximum absolute atomic E-state index is 4.55. The van der Waals surface area contributed by atoms with Crippen molar-refractivity contribution in [1.82, 2.24) is 9.55 Å². The molecule has 0 spiro atoms. The third-order valence-electron chi connectivity index (χ3n) is 10.9. The summed E-state index contributed by atoms with van der Waals surface area (Å²) in [7, 11) is 0. The van der Waals surface area contributed by atoms with Crippen LogP contribution in [0.1, 0.15) is 38.8 Å². The third-order valence-corrected chi connectivity index (χ3v) is 10.9. The van der Waals surface area contributed by atoms with Gasteiger partial charge in [0, 0.05) is 33.5 Å². The van der Waals surface area contributed by atoms with Crippen LogP contribution in [0.4, 0.5) is 0 Å². The van der Waals surface area contributed by atoms with E-state index in [-0.39, 0.29) is 5.41 Å². The lowest BCUT2D eigenvalue weighted by atomic mass is 9.81. The molecule has 10 rings (SSSR count). The molecular weight excluding hydrogens is 629 g/mol. The van der Waals surface area contributed by atoms with Gasteiger partial charge in [-0.15, -0.1) is 0 Å². The summed E-state index contributed by atoms with van der Waals surface area (Å²) >= 11 is 0. The molecule has 0 bridgehead atoms. The van der Waals surface area contributed by atoms with E-state index >= 15 is 0 Å². The van der Waals surface area contributed by atoms with Gasteiger partial charge < -0.3 is 4.57 Å². The average Bonchev–Trinajstić information content (AvgIpc) is 3.66. The van der Waals surface area contributed by atoms with Gasteiger partial charge in [0.2, 0.25) is 0 Å². The molecule has 0 amide bonds. The minimum Gasteiger partial charge on any atom is -0.309 e. The molecule has 0 saturated carbocycles. The highest BCUT2D eigenvalue weighted by atomic mass is 15.0. The second-order valence-electron chi connectivity index (χ2n) is 14.0. The van der Waals surface area contributed by atoms with Gasteiger partial charge in [-0.3, -0.25) is 4.98 Å². The van der Waals surface area contributed by atoms with E-state index in [9.17, 15) is 0 Å². The first-order chi connectivity index (χ1) is 25.5. The lowest BCUT2D eigenvalue weighted by Crippen LogP contribution is -2.15. The summed E-state index contributed by atoms with van der Waals surface area (Å²) in [4.78, 5) is 4.55. The van der Waals surface area contributed by atoms with E-state index in [1.54, 1.807) is 0 Å². The van der Waals surface area contributed by atoms with Crippen molar-refractivity contribution >= 4 is 32.7 Å². The number of para-hydroxylation sites is 3. The summed E-state index contributed by atoms with van der Waals surface area (Å²) in [5, 5.41) is 3.74. The molecule has 2 heterocycles. The molecule has 0 unspecified atom stereocenters. The first-order valence-electron chi connectivity index (χ1n) is 18.4. The minimum atomic E-state index is -0.128. The molecule has 2 nitrogen and oxygen atoms in total. The van der Waals surface area contributed by atoms with Gasteiger partial charge in [0.25, 0.3) is 0 Å². The van der Waals surface area contributed by atoms with Crippen molar-refractivity contribution < 1.29 is 0 Å².